The first-order valence-corrected chi connectivity index (χ1v) is 10.5. The molecular formula is C21H29N7O. The molecule has 0 spiro atoms. The Morgan fingerprint density at radius 1 is 1.28 bits per heavy atom. The van der Waals surface area contributed by atoms with E-state index in [1.165, 1.54) is 0 Å². The number of piperidine rings is 1. The lowest BCUT2D eigenvalue weighted by atomic mass is 9.97. The van der Waals surface area contributed by atoms with Gasteiger partial charge in [-0.25, -0.2) is 14.5 Å². The van der Waals surface area contributed by atoms with Crippen LogP contribution in [-0.2, 0) is 13.1 Å². The van der Waals surface area contributed by atoms with Gasteiger partial charge in [0.1, 0.15) is 5.56 Å². The molecule has 1 amide bonds. The first-order chi connectivity index (χ1) is 14.2. The third-order valence-electron chi connectivity index (χ3n) is 5.78. The van der Waals surface area contributed by atoms with E-state index < -0.39 is 0 Å². The molecule has 0 aromatic carbocycles. The van der Waals surface area contributed by atoms with E-state index in [0.29, 0.717) is 17.1 Å². The predicted molar refractivity (Wildman–Crippen MR) is 110 cm³/mol. The number of rotatable bonds is 7. The van der Waals surface area contributed by atoms with Crippen LogP contribution in [0.4, 0.5) is 0 Å². The molecule has 0 bridgehead atoms. The first kappa shape index (κ1) is 19.6. The Bertz CT molecular complexity index is 945. The van der Waals surface area contributed by atoms with Gasteiger partial charge in [0.05, 0.1) is 12.5 Å². The zero-order valence-corrected chi connectivity index (χ0v) is 17.2. The standard InChI is InChI=1S/C21H29N7O/c1-3-25(4-2)13-18-10-23-20-19(11-24-28(20)15-18)21(29)27-8-5-6-17(14-27)12-26-9-7-22-16-26/h7,9-11,15-17H,3-6,8,12-14H2,1-2H3. The summed E-state index contributed by atoms with van der Waals surface area (Å²) in [5.74, 6) is 0.469. The first-order valence-electron chi connectivity index (χ1n) is 10.5. The van der Waals surface area contributed by atoms with Crippen LogP contribution in [0.2, 0.25) is 0 Å². The summed E-state index contributed by atoms with van der Waals surface area (Å²) >= 11 is 0. The third-order valence-corrected chi connectivity index (χ3v) is 5.78. The van der Waals surface area contributed by atoms with Crippen LogP contribution in [-0.4, -0.2) is 66.0 Å². The summed E-state index contributed by atoms with van der Waals surface area (Å²) in [6.45, 7) is 9.56. The smallest absolute Gasteiger partial charge is 0.259 e. The van der Waals surface area contributed by atoms with Crippen LogP contribution in [0.5, 0.6) is 0 Å². The van der Waals surface area contributed by atoms with Gasteiger partial charge in [0.2, 0.25) is 0 Å². The van der Waals surface area contributed by atoms with Gasteiger partial charge in [0, 0.05) is 56.5 Å². The van der Waals surface area contributed by atoms with Crippen LogP contribution >= 0.6 is 0 Å². The van der Waals surface area contributed by atoms with Gasteiger partial charge in [-0.05, 0) is 31.8 Å². The molecular weight excluding hydrogens is 366 g/mol. The van der Waals surface area contributed by atoms with E-state index in [2.05, 4.69) is 38.4 Å². The van der Waals surface area contributed by atoms with Crippen molar-refractivity contribution in [3.8, 4) is 0 Å². The molecule has 1 aliphatic rings. The monoisotopic (exact) mass is 395 g/mol. The number of hydrogen-bond donors (Lipinski definition) is 0. The number of amides is 1. The van der Waals surface area contributed by atoms with Crippen molar-refractivity contribution >= 4 is 11.6 Å². The number of likely N-dealkylation sites (tertiary alicyclic amines) is 1. The molecule has 1 atom stereocenters. The van der Waals surface area contributed by atoms with Gasteiger partial charge in [-0.1, -0.05) is 13.8 Å². The highest BCUT2D eigenvalue weighted by Gasteiger charge is 2.27. The molecule has 29 heavy (non-hydrogen) atoms. The molecule has 8 heteroatoms. The fourth-order valence-electron chi connectivity index (χ4n) is 4.11. The molecule has 1 unspecified atom stereocenters. The van der Waals surface area contributed by atoms with Crippen LogP contribution in [0.15, 0.2) is 37.3 Å². The van der Waals surface area contributed by atoms with Gasteiger partial charge in [-0.3, -0.25) is 9.69 Å². The van der Waals surface area contributed by atoms with E-state index in [4.69, 9.17) is 0 Å². The number of carbonyl (C=O) groups excluding carboxylic acids is 1. The molecule has 8 nitrogen and oxygen atoms in total. The van der Waals surface area contributed by atoms with Gasteiger partial charge in [0.15, 0.2) is 5.65 Å². The number of imidazole rings is 1. The van der Waals surface area contributed by atoms with Crippen LogP contribution < -0.4 is 0 Å². The lowest BCUT2D eigenvalue weighted by Gasteiger charge is -2.32. The van der Waals surface area contributed by atoms with Crippen LogP contribution in [0.1, 0.15) is 42.6 Å². The molecule has 0 N–H and O–H groups in total. The summed E-state index contributed by atoms with van der Waals surface area (Å²) in [6.07, 6.45) is 13.3. The summed E-state index contributed by atoms with van der Waals surface area (Å²) in [4.78, 5) is 26.1. The van der Waals surface area contributed by atoms with Crippen LogP contribution in [0, 0.1) is 5.92 Å². The molecule has 0 radical (unpaired) electrons. The maximum Gasteiger partial charge on any atom is 0.259 e. The van der Waals surface area contributed by atoms with Crippen molar-refractivity contribution in [2.75, 3.05) is 26.2 Å². The summed E-state index contributed by atoms with van der Waals surface area (Å²) in [5, 5.41) is 4.41. The van der Waals surface area contributed by atoms with Gasteiger partial charge in [-0.15, -0.1) is 0 Å². The van der Waals surface area contributed by atoms with Gasteiger partial charge < -0.3 is 9.47 Å². The molecule has 3 aromatic rings. The lowest BCUT2D eigenvalue weighted by molar-refractivity contribution is 0.0664. The molecule has 4 heterocycles. The van der Waals surface area contributed by atoms with E-state index in [-0.39, 0.29) is 5.91 Å². The third kappa shape index (κ3) is 4.32. The number of carbonyl (C=O) groups is 1. The van der Waals surface area contributed by atoms with Crippen molar-refractivity contribution in [2.45, 2.75) is 39.8 Å². The molecule has 1 saturated heterocycles. The molecule has 0 saturated carbocycles. The zero-order chi connectivity index (χ0) is 20.2. The molecule has 3 aromatic heterocycles. The average molecular weight is 396 g/mol. The molecule has 154 valence electrons. The molecule has 1 aliphatic heterocycles. The maximum atomic E-state index is 13.2. The van der Waals surface area contributed by atoms with E-state index in [1.54, 1.807) is 16.9 Å². The van der Waals surface area contributed by atoms with Crippen LogP contribution in [0.25, 0.3) is 5.65 Å². The largest absolute Gasteiger partial charge is 0.338 e. The predicted octanol–water partition coefficient (Wildman–Crippen LogP) is 2.32. The molecule has 4 rings (SSSR count). The van der Waals surface area contributed by atoms with Crippen molar-refractivity contribution in [2.24, 2.45) is 5.92 Å². The number of nitrogens with zero attached hydrogens (tertiary/aromatic N) is 7. The van der Waals surface area contributed by atoms with E-state index >= 15 is 0 Å². The number of hydrogen-bond acceptors (Lipinski definition) is 5. The second kappa shape index (κ2) is 8.73. The Hall–Kier alpha value is -2.74. The summed E-state index contributed by atoms with van der Waals surface area (Å²) < 4.78 is 3.83. The fraction of sp³-hybridized carbons (Fsp3) is 0.524. The normalized spacial score (nSPS) is 17.3. The minimum Gasteiger partial charge on any atom is -0.338 e. The summed E-state index contributed by atoms with van der Waals surface area (Å²) in [7, 11) is 0. The van der Waals surface area contributed by atoms with Crippen molar-refractivity contribution < 1.29 is 4.79 Å². The fourth-order valence-corrected chi connectivity index (χ4v) is 4.11. The highest BCUT2D eigenvalue weighted by atomic mass is 16.2. The SMILES string of the molecule is CCN(CC)Cc1cnc2c(C(=O)N3CCCC(Cn4ccnc4)C3)cnn2c1. The quantitative estimate of drug-likeness (QED) is 0.614. The van der Waals surface area contributed by atoms with Crippen molar-refractivity contribution in [1.82, 2.24) is 33.9 Å². The average Bonchev–Trinajstić information content (AvgIpc) is 3.41. The second-order valence-corrected chi connectivity index (χ2v) is 7.77. The molecule has 1 fully saturated rings. The highest BCUT2D eigenvalue weighted by Crippen LogP contribution is 2.21. The Labute approximate surface area is 171 Å². The Balaban J connectivity index is 1.47. The van der Waals surface area contributed by atoms with E-state index in [0.717, 1.165) is 57.7 Å². The van der Waals surface area contributed by atoms with Crippen molar-refractivity contribution in [3.63, 3.8) is 0 Å². The van der Waals surface area contributed by atoms with Gasteiger partial charge in [-0.2, -0.15) is 5.10 Å². The second-order valence-electron chi connectivity index (χ2n) is 7.77. The van der Waals surface area contributed by atoms with Crippen LogP contribution in [0.3, 0.4) is 0 Å². The summed E-state index contributed by atoms with van der Waals surface area (Å²) in [6, 6.07) is 0. The van der Waals surface area contributed by atoms with Crippen molar-refractivity contribution in [3.05, 3.63) is 48.4 Å². The minimum atomic E-state index is 0.0272. The van der Waals surface area contributed by atoms with E-state index in [9.17, 15) is 4.79 Å². The Morgan fingerprint density at radius 2 is 2.14 bits per heavy atom. The summed E-state index contributed by atoms with van der Waals surface area (Å²) in [5.41, 5.74) is 2.32. The van der Waals surface area contributed by atoms with E-state index in [1.807, 2.05) is 29.8 Å². The topological polar surface area (TPSA) is 71.6 Å². The number of aromatic nitrogens is 5. The zero-order valence-electron chi connectivity index (χ0n) is 17.2. The van der Waals surface area contributed by atoms with Gasteiger partial charge >= 0.3 is 0 Å². The van der Waals surface area contributed by atoms with Gasteiger partial charge in [0.25, 0.3) is 5.91 Å². The number of fused-ring (bicyclic) bond motifs is 1. The maximum absolute atomic E-state index is 13.2. The minimum absolute atomic E-state index is 0.0272. The lowest BCUT2D eigenvalue weighted by Crippen LogP contribution is -2.41. The Kier molecular flexibility index (Phi) is 5.89. The van der Waals surface area contributed by atoms with Crippen molar-refractivity contribution in [1.29, 1.82) is 0 Å². The Morgan fingerprint density at radius 3 is 2.90 bits per heavy atom. The highest BCUT2D eigenvalue weighted by molar-refractivity contribution is 5.99. The molecule has 0 aliphatic carbocycles.